The number of halogens is 2. The van der Waals surface area contributed by atoms with Gasteiger partial charge in [-0.2, -0.15) is 0 Å². The van der Waals surface area contributed by atoms with Gasteiger partial charge in [0.15, 0.2) is 0 Å². The fraction of sp³-hybridized carbons (Fsp3) is 0.0667. The zero-order chi connectivity index (χ0) is 12.5. The van der Waals surface area contributed by atoms with Gasteiger partial charge in [0.2, 0.25) is 0 Å². The highest BCUT2D eigenvalue weighted by molar-refractivity contribution is 6.49. The molecule has 0 saturated carbocycles. The molecule has 0 unspecified atom stereocenters. The number of hydrogen-bond donors (Lipinski definition) is 0. The molecule has 0 N–H and O–H groups in total. The first-order valence-corrected chi connectivity index (χ1v) is 6.12. The maximum absolute atomic E-state index is 13.3. The van der Waals surface area contributed by atoms with Crippen LogP contribution in [0.25, 0.3) is 5.03 Å². The SMILES string of the molecule is Fc1ccc2c(c1)C(Cl)=CCN2c1ccccc1. The molecule has 0 radical (unpaired) electrons. The molecule has 2 aromatic carbocycles. The second kappa shape index (κ2) is 4.46. The summed E-state index contributed by atoms with van der Waals surface area (Å²) in [6, 6.07) is 14.7. The van der Waals surface area contributed by atoms with Crippen LogP contribution in [0.4, 0.5) is 15.8 Å². The first-order chi connectivity index (χ1) is 8.75. The van der Waals surface area contributed by atoms with Crippen molar-refractivity contribution in [2.75, 3.05) is 11.4 Å². The summed E-state index contributed by atoms with van der Waals surface area (Å²) >= 11 is 6.14. The molecule has 0 atom stereocenters. The molecular weight excluding hydrogens is 249 g/mol. The first kappa shape index (κ1) is 11.3. The van der Waals surface area contributed by atoms with Crippen molar-refractivity contribution < 1.29 is 4.39 Å². The first-order valence-electron chi connectivity index (χ1n) is 5.74. The Morgan fingerprint density at radius 1 is 1.06 bits per heavy atom. The number of benzene rings is 2. The minimum atomic E-state index is -0.268. The Bertz CT molecular complexity index is 607. The molecule has 1 aliphatic heterocycles. The summed E-state index contributed by atoms with van der Waals surface area (Å²) < 4.78 is 13.3. The molecule has 3 rings (SSSR count). The van der Waals surface area contributed by atoms with Gasteiger partial charge < -0.3 is 4.90 Å². The molecule has 18 heavy (non-hydrogen) atoms. The van der Waals surface area contributed by atoms with E-state index in [2.05, 4.69) is 4.90 Å². The number of rotatable bonds is 1. The van der Waals surface area contributed by atoms with Crippen molar-refractivity contribution in [3.63, 3.8) is 0 Å². The van der Waals surface area contributed by atoms with Gasteiger partial charge in [0.05, 0.1) is 5.69 Å². The normalized spacial score (nSPS) is 14.1. The van der Waals surface area contributed by atoms with Gasteiger partial charge in [-0.15, -0.1) is 0 Å². The highest BCUT2D eigenvalue weighted by atomic mass is 35.5. The Morgan fingerprint density at radius 3 is 2.61 bits per heavy atom. The number of anilines is 2. The quantitative estimate of drug-likeness (QED) is 0.726. The van der Waals surface area contributed by atoms with Gasteiger partial charge in [-0.3, -0.25) is 0 Å². The zero-order valence-electron chi connectivity index (χ0n) is 9.61. The maximum Gasteiger partial charge on any atom is 0.124 e. The molecule has 0 spiro atoms. The average Bonchev–Trinajstić information content (AvgIpc) is 2.41. The third kappa shape index (κ3) is 1.89. The lowest BCUT2D eigenvalue weighted by molar-refractivity contribution is 0.627. The summed E-state index contributed by atoms with van der Waals surface area (Å²) in [5.74, 6) is -0.268. The number of hydrogen-bond acceptors (Lipinski definition) is 1. The minimum absolute atomic E-state index is 0.268. The van der Waals surface area contributed by atoms with Crippen LogP contribution in [-0.2, 0) is 0 Å². The van der Waals surface area contributed by atoms with Crippen LogP contribution in [0.3, 0.4) is 0 Å². The predicted molar refractivity (Wildman–Crippen MR) is 73.7 cm³/mol. The molecule has 0 amide bonds. The summed E-state index contributed by atoms with van der Waals surface area (Å²) in [4.78, 5) is 2.11. The zero-order valence-corrected chi connectivity index (χ0v) is 10.4. The van der Waals surface area contributed by atoms with E-state index in [4.69, 9.17) is 11.6 Å². The molecule has 0 aliphatic carbocycles. The Labute approximate surface area is 110 Å². The summed E-state index contributed by atoms with van der Waals surface area (Å²) in [6.45, 7) is 0.696. The predicted octanol–water partition coefficient (Wildman–Crippen LogP) is 4.56. The van der Waals surface area contributed by atoms with Crippen LogP contribution in [0.5, 0.6) is 0 Å². The van der Waals surface area contributed by atoms with E-state index in [-0.39, 0.29) is 5.82 Å². The molecule has 1 nitrogen and oxygen atoms in total. The lowest BCUT2D eigenvalue weighted by Gasteiger charge is -2.29. The number of nitrogens with zero attached hydrogens (tertiary/aromatic N) is 1. The second-order valence-electron chi connectivity index (χ2n) is 4.16. The van der Waals surface area contributed by atoms with Crippen LogP contribution in [0.15, 0.2) is 54.6 Å². The van der Waals surface area contributed by atoms with E-state index >= 15 is 0 Å². The largest absolute Gasteiger partial charge is 0.337 e. The van der Waals surface area contributed by atoms with Gasteiger partial charge in [-0.05, 0) is 36.4 Å². The Hall–Kier alpha value is -1.80. The fourth-order valence-electron chi connectivity index (χ4n) is 2.17. The van der Waals surface area contributed by atoms with Gasteiger partial charge >= 0.3 is 0 Å². The van der Waals surface area contributed by atoms with Crippen LogP contribution >= 0.6 is 11.6 Å². The molecule has 2 aromatic rings. The Balaban J connectivity index is 2.12. The maximum atomic E-state index is 13.3. The van der Waals surface area contributed by atoms with Crippen LogP contribution in [0, 0.1) is 5.82 Å². The lowest BCUT2D eigenvalue weighted by atomic mass is 10.1. The summed E-state index contributed by atoms with van der Waals surface area (Å²) in [6.07, 6.45) is 1.90. The van der Waals surface area contributed by atoms with Gasteiger partial charge in [0.25, 0.3) is 0 Å². The summed E-state index contributed by atoms with van der Waals surface area (Å²) in [7, 11) is 0. The third-order valence-corrected chi connectivity index (χ3v) is 3.39. The Kier molecular flexibility index (Phi) is 2.80. The monoisotopic (exact) mass is 259 g/mol. The van der Waals surface area contributed by atoms with Crippen molar-refractivity contribution in [2.45, 2.75) is 0 Å². The van der Waals surface area contributed by atoms with Gasteiger partial charge in [-0.25, -0.2) is 4.39 Å². The van der Waals surface area contributed by atoms with E-state index in [1.54, 1.807) is 6.07 Å². The van der Waals surface area contributed by atoms with Gasteiger partial charge in [0.1, 0.15) is 5.82 Å². The van der Waals surface area contributed by atoms with Crippen molar-refractivity contribution in [1.82, 2.24) is 0 Å². The number of fused-ring (bicyclic) bond motifs is 1. The van der Waals surface area contributed by atoms with E-state index in [1.165, 1.54) is 12.1 Å². The van der Waals surface area contributed by atoms with Crippen molar-refractivity contribution in [1.29, 1.82) is 0 Å². The molecule has 1 aliphatic rings. The van der Waals surface area contributed by atoms with Crippen LogP contribution in [0.1, 0.15) is 5.56 Å². The molecule has 1 heterocycles. The topological polar surface area (TPSA) is 3.24 Å². The third-order valence-electron chi connectivity index (χ3n) is 3.03. The van der Waals surface area contributed by atoms with Crippen molar-refractivity contribution in [3.8, 4) is 0 Å². The van der Waals surface area contributed by atoms with E-state index in [0.717, 1.165) is 16.9 Å². The minimum Gasteiger partial charge on any atom is -0.337 e. The second-order valence-corrected chi connectivity index (χ2v) is 4.57. The van der Waals surface area contributed by atoms with E-state index in [9.17, 15) is 4.39 Å². The average molecular weight is 260 g/mol. The number of para-hydroxylation sites is 1. The molecule has 0 bridgehead atoms. The smallest absolute Gasteiger partial charge is 0.124 e. The highest BCUT2D eigenvalue weighted by Crippen LogP contribution is 2.37. The molecule has 0 aromatic heterocycles. The molecule has 3 heteroatoms. The van der Waals surface area contributed by atoms with E-state index in [1.807, 2.05) is 36.4 Å². The fourth-order valence-corrected chi connectivity index (χ4v) is 2.39. The van der Waals surface area contributed by atoms with Crippen molar-refractivity contribution >= 4 is 28.0 Å². The van der Waals surface area contributed by atoms with E-state index < -0.39 is 0 Å². The van der Waals surface area contributed by atoms with Crippen molar-refractivity contribution in [3.05, 3.63) is 66.0 Å². The Morgan fingerprint density at radius 2 is 1.83 bits per heavy atom. The molecular formula is C15H11ClFN. The van der Waals surface area contributed by atoms with Crippen LogP contribution in [0.2, 0.25) is 0 Å². The van der Waals surface area contributed by atoms with Gasteiger partial charge in [0, 0.05) is 22.8 Å². The molecule has 0 fully saturated rings. The van der Waals surface area contributed by atoms with Crippen molar-refractivity contribution in [2.24, 2.45) is 0 Å². The highest BCUT2D eigenvalue weighted by Gasteiger charge is 2.19. The van der Waals surface area contributed by atoms with Crippen LogP contribution < -0.4 is 4.90 Å². The van der Waals surface area contributed by atoms with Gasteiger partial charge in [-0.1, -0.05) is 29.8 Å². The van der Waals surface area contributed by atoms with E-state index in [0.29, 0.717) is 11.6 Å². The molecule has 90 valence electrons. The lowest BCUT2D eigenvalue weighted by Crippen LogP contribution is -2.21. The summed E-state index contributed by atoms with van der Waals surface area (Å²) in [5, 5.41) is 0.608. The standard InChI is InChI=1S/C15H11ClFN/c16-14-8-9-18(12-4-2-1-3-5-12)15-7-6-11(17)10-13(14)15/h1-8,10H,9H2. The molecule has 0 saturated heterocycles. The summed E-state index contributed by atoms with van der Waals surface area (Å²) in [5.41, 5.74) is 2.76. The van der Waals surface area contributed by atoms with Crippen LogP contribution in [-0.4, -0.2) is 6.54 Å².